The van der Waals surface area contributed by atoms with E-state index in [1.807, 2.05) is 30.1 Å². The Bertz CT molecular complexity index is 317. The summed E-state index contributed by atoms with van der Waals surface area (Å²) in [4.78, 5) is 1.97. The second-order valence-corrected chi connectivity index (χ2v) is 3.78. The maximum Gasteiger partial charge on any atom is 0.0866 e. The molecule has 0 saturated heterocycles. The predicted octanol–water partition coefficient (Wildman–Crippen LogP) is 2.40. The second-order valence-electron chi connectivity index (χ2n) is 2.92. The fourth-order valence-corrected chi connectivity index (χ4v) is 1.50. The van der Waals surface area contributed by atoms with Gasteiger partial charge < -0.3 is 0 Å². The first-order valence-electron chi connectivity index (χ1n) is 4.03. The zero-order valence-electron chi connectivity index (χ0n) is 7.50. The van der Waals surface area contributed by atoms with Gasteiger partial charge in [0.25, 0.3) is 0 Å². The molecule has 0 aliphatic heterocycles. The molecular weight excluding hydrogens is 228 g/mol. The Morgan fingerprint density at radius 3 is 2.77 bits per heavy atom. The van der Waals surface area contributed by atoms with Crippen molar-refractivity contribution in [2.45, 2.75) is 6.54 Å². The van der Waals surface area contributed by atoms with Crippen LogP contribution in [0.2, 0.25) is 0 Å². The van der Waals surface area contributed by atoms with Crippen LogP contribution in [0.5, 0.6) is 0 Å². The predicted molar refractivity (Wildman–Crippen MR) is 56.1 cm³/mol. The van der Waals surface area contributed by atoms with E-state index in [0.717, 1.165) is 11.0 Å². The zero-order valence-corrected chi connectivity index (χ0v) is 9.08. The third-order valence-corrected chi connectivity index (χ3v) is 2.51. The summed E-state index contributed by atoms with van der Waals surface area (Å²) in [7, 11) is 1.93. The SMILES string of the molecule is CN(CC#N)Cc1ccccc1Br. The van der Waals surface area contributed by atoms with Crippen molar-refractivity contribution in [2.24, 2.45) is 0 Å². The van der Waals surface area contributed by atoms with Crippen LogP contribution < -0.4 is 0 Å². The van der Waals surface area contributed by atoms with Crippen LogP contribution in [0.3, 0.4) is 0 Å². The summed E-state index contributed by atoms with van der Waals surface area (Å²) >= 11 is 3.47. The van der Waals surface area contributed by atoms with E-state index in [2.05, 4.69) is 28.1 Å². The fraction of sp³-hybridized carbons (Fsp3) is 0.300. The largest absolute Gasteiger partial charge is 0.289 e. The molecule has 1 rings (SSSR count). The lowest BCUT2D eigenvalue weighted by atomic mass is 10.2. The van der Waals surface area contributed by atoms with Crippen LogP contribution in [-0.4, -0.2) is 18.5 Å². The molecule has 1 aromatic carbocycles. The molecule has 0 unspecified atom stereocenters. The minimum atomic E-state index is 0.460. The smallest absolute Gasteiger partial charge is 0.0866 e. The average molecular weight is 239 g/mol. The number of rotatable bonds is 3. The summed E-state index contributed by atoms with van der Waals surface area (Å²) in [6, 6.07) is 10.2. The molecule has 0 fully saturated rings. The van der Waals surface area contributed by atoms with Gasteiger partial charge in [-0.1, -0.05) is 34.1 Å². The number of benzene rings is 1. The van der Waals surface area contributed by atoms with Gasteiger partial charge in [-0.15, -0.1) is 0 Å². The van der Waals surface area contributed by atoms with Crippen LogP contribution >= 0.6 is 15.9 Å². The minimum Gasteiger partial charge on any atom is -0.289 e. The van der Waals surface area contributed by atoms with Gasteiger partial charge in [0.05, 0.1) is 12.6 Å². The molecule has 3 heteroatoms. The monoisotopic (exact) mass is 238 g/mol. The Morgan fingerprint density at radius 1 is 1.46 bits per heavy atom. The van der Waals surface area contributed by atoms with Gasteiger partial charge in [-0.2, -0.15) is 5.26 Å². The van der Waals surface area contributed by atoms with Gasteiger partial charge in [-0.25, -0.2) is 0 Å². The molecule has 13 heavy (non-hydrogen) atoms. The summed E-state index contributed by atoms with van der Waals surface area (Å²) in [5, 5.41) is 8.48. The lowest BCUT2D eigenvalue weighted by molar-refractivity contribution is 0.367. The molecule has 68 valence electrons. The van der Waals surface area contributed by atoms with Gasteiger partial charge >= 0.3 is 0 Å². The molecule has 0 saturated carbocycles. The zero-order chi connectivity index (χ0) is 9.68. The van der Waals surface area contributed by atoms with Crippen LogP contribution in [0.4, 0.5) is 0 Å². The van der Waals surface area contributed by atoms with E-state index in [0.29, 0.717) is 6.54 Å². The topological polar surface area (TPSA) is 27.0 Å². The summed E-state index contributed by atoms with van der Waals surface area (Å²) in [5.74, 6) is 0. The number of hydrogen-bond donors (Lipinski definition) is 0. The quantitative estimate of drug-likeness (QED) is 0.757. The molecule has 0 aromatic heterocycles. The van der Waals surface area contributed by atoms with Crippen LogP contribution in [0.15, 0.2) is 28.7 Å². The van der Waals surface area contributed by atoms with Gasteiger partial charge in [0.15, 0.2) is 0 Å². The van der Waals surface area contributed by atoms with Gasteiger partial charge in [-0.3, -0.25) is 4.90 Å². The Morgan fingerprint density at radius 2 is 2.15 bits per heavy atom. The van der Waals surface area contributed by atoms with Crippen LogP contribution in [0.25, 0.3) is 0 Å². The number of nitrogens with zero attached hydrogens (tertiary/aromatic N) is 2. The fourth-order valence-electron chi connectivity index (χ4n) is 1.09. The Labute approximate surface area is 86.9 Å². The summed E-state index contributed by atoms with van der Waals surface area (Å²) in [6.45, 7) is 1.26. The van der Waals surface area contributed by atoms with Crippen molar-refractivity contribution < 1.29 is 0 Å². The molecule has 0 amide bonds. The average Bonchev–Trinajstić information content (AvgIpc) is 2.09. The van der Waals surface area contributed by atoms with E-state index in [9.17, 15) is 0 Å². The van der Waals surface area contributed by atoms with Gasteiger partial charge in [-0.05, 0) is 18.7 Å². The first-order valence-corrected chi connectivity index (χ1v) is 4.82. The molecule has 0 heterocycles. The van der Waals surface area contributed by atoms with Crippen molar-refractivity contribution >= 4 is 15.9 Å². The summed E-state index contributed by atoms with van der Waals surface area (Å²) in [5.41, 5.74) is 1.21. The third-order valence-electron chi connectivity index (χ3n) is 1.74. The highest BCUT2D eigenvalue weighted by atomic mass is 79.9. The highest BCUT2D eigenvalue weighted by Gasteiger charge is 2.01. The Balaban J connectivity index is 2.64. The normalized spacial score (nSPS) is 10.0. The van der Waals surface area contributed by atoms with E-state index < -0.39 is 0 Å². The second kappa shape index (κ2) is 5.00. The maximum absolute atomic E-state index is 8.48. The highest BCUT2D eigenvalue weighted by Crippen LogP contribution is 2.16. The minimum absolute atomic E-state index is 0.460. The first kappa shape index (κ1) is 10.2. The van der Waals surface area contributed by atoms with Gasteiger partial charge in [0.1, 0.15) is 0 Å². The molecule has 0 atom stereocenters. The van der Waals surface area contributed by atoms with E-state index in [1.54, 1.807) is 0 Å². The van der Waals surface area contributed by atoms with E-state index in [-0.39, 0.29) is 0 Å². The van der Waals surface area contributed by atoms with Crippen molar-refractivity contribution in [2.75, 3.05) is 13.6 Å². The molecule has 1 aromatic rings. The summed E-state index contributed by atoms with van der Waals surface area (Å²) in [6.07, 6.45) is 0. The molecule has 0 bridgehead atoms. The molecular formula is C10H11BrN2. The molecule has 0 aliphatic carbocycles. The van der Waals surface area contributed by atoms with Crippen LogP contribution in [-0.2, 0) is 6.54 Å². The molecule has 0 N–H and O–H groups in total. The van der Waals surface area contributed by atoms with E-state index in [1.165, 1.54) is 5.56 Å². The standard InChI is InChI=1S/C10H11BrN2/c1-13(7-6-12)8-9-4-2-3-5-10(9)11/h2-5H,7-8H2,1H3. The van der Waals surface area contributed by atoms with Gasteiger partial charge in [0, 0.05) is 11.0 Å². The molecule has 0 spiro atoms. The van der Waals surface area contributed by atoms with Crippen molar-refractivity contribution in [3.63, 3.8) is 0 Å². The lowest BCUT2D eigenvalue weighted by Gasteiger charge is -2.13. The van der Waals surface area contributed by atoms with E-state index >= 15 is 0 Å². The van der Waals surface area contributed by atoms with Crippen LogP contribution in [0, 0.1) is 11.3 Å². The maximum atomic E-state index is 8.48. The number of halogens is 1. The van der Waals surface area contributed by atoms with Crippen molar-refractivity contribution in [1.29, 1.82) is 5.26 Å². The van der Waals surface area contributed by atoms with Crippen molar-refractivity contribution in [1.82, 2.24) is 4.90 Å². The molecule has 2 nitrogen and oxygen atoms in total. The Hall–Kier alpha value is -0.850. The number of nitriles is 1. The number of hydrogen-bond acceptors (Lipinski definition) is 2. The van der Waals surface area contributed by atoms with E-state index in [4.69, 9.17) is 5.26 Å². The van der Waals surface area contributed by atoms with Crippen molar-refractivity contribution in [3.05, 3.63) is 34.3 Å². The molecule has 0 aliphatic rings. The first-order chi connectivity index (χ1) is 6.24. The van der Waals surface area contributed by atoms with Gasteiger partial charge in [0.2, 0.25) is 0 Å². The van der Waals surface area contributed by atoms with Crippen molar-refractivity contribution in [3.8, 4) is 6.07 Å². The molecule has 0 radical (unpaired) electrons. The van der Waals surface area contributed by atoms with Crippen LogP contribution in [0.1, 0.15) is 5.56 Å². The summed E-state index contributed by atoms with van der Waals surface area (Å²) < 4.78 is 1.10. The Kier molecular flexibility index (Phi) is 3.94. The lowest BCUT2D eigenvalue weighted by Crippen LogP contribution is -2.17. The highest BCUT2D eigenvalue weighted by molar-refractivity contribution is 9.10. The third kappa shape index (κ3) is 3.17.